The molecule has 1 N–H and O–H groups in total. The number of thiol groups is 1. The SMILES string of the molecule is O=C(N1CCC1)N1CC[C@@H](CCN[SH](=O)=O)[C@@H]1Cc1cccc(-c2cc(F)cc(F)c2)c1. The monoisotopic (exact) mass is 463 g/mol. The molecule has 2 aromatic carbocycles. The quantitative estimate of drug-likeness (QED) is 0.620. The van der Waals surface area contributed by atoms with E-state index in [1.807, 2.05) is 34.1 Å². The van der Waals surface area contributed by atoms with E-state index in [2.05, 4.69) is 4.72 Å². The van der Waals surface area contributed by atoms with Crippen LogP contribution in [0.5, 0.6) is 0 Å². The van der Waals surface area contributed by atoms with Crippen molar-refractivity contribution in [2.24, 2.45) is 5.92 Å². The predicted octanol–water partition coefficient (Wildman–Crippen LogP) is 3.20. The molecule has 0 aromatic heterocycles. The number of rotatable bonds is 7. The Morgan fingerprint density at radius 1 is 1.03 bits per heavy atom. The van der Waals surface area contributed by atoms with Gasteiger partial charge in [-0.3, -0.25) is 0 Å². The third-order valence-corrected chi connectivity index (χ3v) is 6.86. The first kappa shape index (κ1) is 22.7. The van der Waals surface area contributed by atoms with Crippen molar-refractivity contribution in [3.63, 3.8) is 0 Å². The van der Waals surface area contributed by atoms with Gasteiger partial charge in [-0.25, -0.2) is 26.7 Å². The van der Waals surface area contributed by atoms with Crippen LogP contribution < -0.4 is 4.72 Å². The van der Waals surface area contributed by atoms with E-state index in [4.69, 9.17) is 0 Å². The minimum Gasteiger partial charge on any atom is -0.325 e. The van der Waals surface area contributed by atoms with E-state index in [9.17, 15) is 22.0 Å². The molecule has 172 valence electrons. The van der Waals surface area contributed by atoms with Crippen LogP contribution in [0.25, 0.3) is 11.1 Å². The third-order valence-electron chi connectivity index (χ3n) is 6.38. The van der Waals surface area contributed by atoms with Crippen LogP contribution >= 0.6 is 0 Å². The fourth-order valence-electron chi connectivity index (χ4n) is 4.64. The molecule has 9 heteroatoms. The van der Waals surface area contributed by atoms with Gasteiger partial charge < -0.3 is 9.80 Å². The van der Waals surface area contributed by atoms with E-state index in [-0.39, 0.29) is 18.0 Å². The standard InChI is InChI=1S/C23H27F2N3O3S/c24-20-13-19(14-21(25)15-20)18-4-1-3-16(11-18)12-22-17(5-7-26-32(30)31)6-10-28(22)23(29)27-8-2-9-27/h1,3-4,11,13-15,17,22,32H,2,5-10,12H2,(H,26,30,31)/t17-,22+/m1/s1. The average molecular weight is 464 g/mol. The molecule has 2 aromatic rings. The molecule has 2 heterocycles. The van der Waals surface area contributed by atoms with Gasteiger partial charge in [-0.2, -0.15) is 0 Å². The van der Waals surface area contributed by atoms with Gasteiger partial charge in [0.1, 0.15) is 11.6 Å². The molecule has 0 spiro atoms. The van der Waals surface area contributed by atoms with E-state index in [1.54, 1.807) is 0 Å². The van der Waals surface area contributed by atoms with Crippen molar-refractivity contribution in [3.8, 4) is 11.1 Å². The first-order valence-corrected chi connectivity index (χ1v) is 12.1. The fourth-order valence-corrected chi connectivity index (χ4v) is 4.95. The van der Waals surface area contributed by atoms with Crippen LogP contribution in [-0.2, 0) is 17.3 Å². The summed E-state index contributed by atoms with van der Waals surface area (Å²) >= 11 is 0. The Bertz CT molecular complexity index is 1030. The second kappa shape index (κ2) is 9.95. The Morgan fingerprint density at radius 3 is 2.44 bits per heavy atom. The van der Waals surface area contributed by atoms with Crippen LogP contribution in [-0.4, -0.2) is 56.5 Å². The van der Waals surface area contributed by atoms with Gasteiger partial charge in [0.05, 0.1) is 0 Å². The largest absolute Gasteiger partial charge is 0.325 e. The summed E-state index contributed by atoms with van der Waals surface area (Å²) in [5.74, 6) is -1.09. The zero-order valence-electron chi connectivity index (χ0n) is 17.7. The lowest BCUT2D eigenvalue weighted by Crippen LogP contribution is -2.52. The maximum Gasteiger partial charge on any atom is 0.320 e. The number of hydrogen-bond donors (Lipinski definition) is 2. The highest BCUT2D eigenvalue weighted by Gasteiger charge is 2.39. The Labute approximate surface area is 188 Å². The van der Waals surface area contributed by atoms with Gasteiger partial charge >= 0.3 is 6.03 Å². The van der Waals surface area contributed by atoms with Crippen LogP contribution in [0.1, 0.15) is 24.8 Å². The van der Waals surface area contributed by atoms with Crippen molar-refractivity contribution in [3.05, 3.63) is 59.7 Å². The molecule has 0 radical (unpaired) electrons. The van der Waals surface area contributed by atoms with Gasteiger partial charge in [0, 0.05) is 38.3 Å². The first-order valence-electron chi connectivity index (χ1n) is 10.9. The third kappa shape index (κ3) is 5.27. The van der Waals surface area contributed by atoms with Crippen molar-refractivity contribution in [1.29, 1.82) is 0 Å². The van der Waals surface area contributed by atoms with Crippen LogP contribution in [0.3, 0.4) is 0 Å². The van der Waals surface area contributed by atoms with E-state index in [0.717, 1.165) is 37.6 Å². The lowest BCUT2D eigenvalue weighted by molar-refractivity contribution is 0.117. The average Bonchev–Trinajstić information content (AvgIpc) is 3.08. The molecule has 4 rings (SSSR count). The maximum atomic E-state index is 13.7. The molecular weight excluding hydrogens is 436 g/mol. The summed E-state index contributed by atoms with van der Waals surface area (Å²) in [5, 5.41) is 0. The Morgan fingerprint density at radius 2 is 1.78 bits per heavy atom. The second-order valence-electron chi connectivity index (χ2n) is 8.45. The molecule has 2 fully saturated rings. The number of benzene rings is 2. The fraction of sp³-hybridized carbons (Fsp3) is 0.435. The minimum absolute atomic E-state index is 0.0370. The number of amides is 2. The number of halogens is 2. The van der Waals surface area contributed by atoms with Crippen molar-refractivity contribution in [2.45, 2.75) is 31.7 Å². The number of nitrogens with one attached hydrogen (secondary N) is 1. The summed E-state index contributed by atoms with van der Waals surface area (Å²) in [6, 6.07) is 10.9. The number of urea groups is 1. The van der Waals surface area contributed by atoms with Crippen molar-refractivity contribution in [1.82, 2.24) is 14.5 Å². The first-order chi connectivity index (χ1) is 15.4. The molecule has 0 bridgehead atoms. The number of carbonyl (C=O) groups is 1. The smallest absolute Gasteiger partial charge is 0.320 e. The van der Waals surface area contributed by atoms with Gasteiger partial charge in [-0.05, 0) is 60.4 Å². The van der Waals surface area contributed by atoms with Gasteiger partial charge in [0.2, 0.25) is 10.9 Å². The summed E-state index contributed by atoms with van der Waals surface area (Å²) in [4.78, 5) is 16.7. The summed E-state index contributed by atoms with van der Waals surface area (Å²) in [6.07, 6.45) is 3.07. The van der Waals surface area contributed by atoms with Crippen molar-refractivity contribution in [2.75, 3.05) is 26.2 Å². The molecule has 0 unspecified atom stereocenters. The topological polar surface area (TPSA) is 69.7 Å². The predicted molar refractivity (Wildman–Crippen MR) is 119 cm³/mol. The number of carbonyl (C=O) groups excluding carboxylic acids is 1. The molecule has 6 nitrogen and oxygen atoms in total. The van der Waals surface area contributed by atoms with Crippen LogP contribution in [0.2, 0.25) is 0 Å². The van der Waals surface area contributed by atoms with Crippen LogP contribution in [0, 0.1) is 17.6 Å². The van der Waals surface area contributed by atoms with Crippen molar-refractivity contribution < 1.29 is 22.0 Å². The van der Waals surface area contributed by atoms with Crippen LogP contribution in [0.15, 0.2) is 42.5 Å². The van der Waals surface area contributed by atoms with Gasteiger partial charge in [0.15, 0.2) is 0 Å². The molecule has 0 saturated carbocycles. The second-order valence-corrected chi connectivity index (χ2v) is 9.28. The number of hydrogen-bond acceptors (Lipinski definition) is 3. The maximum absolute atomic E-state index is 13.7. The van der Waals surface area contributed by atoms with E-state index in [0.29, 0.717) is 37.1 Å². The van der Waals surface area contributed by atoms with E-state index < -0.39 is 22.5 Å². The van der Waals surface area contributed by atoms with E-state index >= 15 is 0 Å². The Hall–Kier alpha value is -2.52. The van der Waals surface area contributed by atoms with E-state index in [1.165, 1.54) is 12.1 Å². The molecule has 2 atom stereocenters. The Balaban J connectivity index is 1.55. The molecule has 2 aliphatic rings. The summed E-state index contributed by atoms with van der Waals surface area (Å²) in [7, 11) is -2.65. The molecule has 32 heavy (non-hydrogen) atoms. The highest BCUT2D eigenvalue weighted by molar-refractivity contribution is 7.70. The lowest BCUT2D eigenvalue weighted by Gasteiger charge is -2.38. The molecule has 2 amide bonds. The van der Waals surface area contributed by atoms with Crippen molar-refractivity contribution >= 4 is 16.9 Å². The number of nitrogens with zero attached hydrogens (tertiary/aromatic N) is 2. The van der Waals surface area contributed by atoms with Gasteiger partial charge in [-0.15, -0.1) is 0 Å². The normalized spacial score (nSPS) is 20.6. The van der Waals surface area contributed by atoms with Crippen LogP contribution in [0.4, 0.5) is 13.6 Å². The summed E-state index contributed by atoms with van der Waals surface area (Å²) in [6.45, 7) is 2.52. The molecule has 2 aliphatic heterocycles. The Kier molecular flexibility index (Phi) is 7.05. The lowest BCUT2D eigenvalue weighted by atomic mass is 9.90. The van der Waals surface area contributed by atoms with Gasteiger partial charge in [-0.1, -0.05) is 24.3 Å². The highest BCUT2D eigenvalue weighted by atomic mass is 32.2. The summed E-state index contributed by atoms with van der Waals surface area (Å²) < 4.78 is 51.6. The summed E-state index contributed by atoms with van der Waals surface area (Å²) in [5.41, 5.74) is 2.14. The van der Waals surface area contributed by atoms with Gasteiger partial charge in [0.25, 0.3) is 0 Å². The number of likely N-dealkylation sites (tertiary alicyclic amines) is 2. The molecule has 0 aliphatic carbocycles. The zero-order chi connectivity index (χ0) is 22.7. The molecular formula is C23H27F2N3O3S. The molecule has 2 saturated heterocycles. The zero-order valence-corrected chi connectivity index (χ0v) is 18.6. The highest BCUT2D eigenvalue weighted by Crippen LogP contribution is 2.32. The minimum atomic E-state index is -2.65.